The van der Waals surface area contributed by atoms with Gasteiger partial charge in [-0.25, -0.2) is 13.2 Å². The van der Waals surface area contributed by atoms with Crippen molar-refractivity contribution in [1.82, 2.24) is 5.43 Å². The van der Waals surface area contributed by atoms with Gasteiger partial charge in [0, 0.05) is 20.7 Å². The predicted octanol–water partition coefficient (Wildman–Crippen LogP) is 4.16. The highest BCUT2D eigenvalue weighted by molar-refractivity contribution is 9.10. The van der Waals surface area contributed by atoms with E-state index in [1.54, 1.807) is 0 Å². The Morgan fingerprint density at radius 1 is 1.05 bits per heavy atom. The number of nitrogens with two attached hydrogens (primary N) is 1. The summed E-state index contributed by atoms with van der Waals surface area (Å²) >= 11 is 4.76. The van der Waals surface area contributed by atoms with Crippen LogP contribution >= 0.6 is 27.7 Å². The SMILES string of the molecule is NNC(CSc1ccc(Br)cc1)c1ccc(F)c(F)c1F. The van der Waals surface area contributed by atoms with Gasteiger partial charge in [-0.1, -0.05) is 22.0 Å². The van der Waals surface area contributed by atoms with Crippen LogP contribution in [0, 0.1) is 17.5 Å². The normalized spacial score (nSPS) is 12.4. The van der Waals surface area contributed by atoms with E-state index in [4.69, 9.17) is 5.84 Å². The van der Waals surface area contributed by atoms with Gasteiger partial charge < -0.3 is 0 Å². The first-order valence-corrected chi connectivity index (χ1v) is 7.78. The molecule has 2 rings (SSSR count). The third kappa shape index (κ3) is 4.00. The van der Waals surface area contributed by atoms with E-state index in [0.29, 0.717) is 5.75 Å². The third-order valence-corrected chi connectivity index (χ3v) is 4.51. The van der Waals surface area contributed by atoms with Gasteiger partial charge in [0.25, 0.3) is 0 Å². The van der Waals surface area contributed by atoms with Gasteiger partial charge in [-0.05, 0) is 30.3 Å². The zero-order valence-corrected chi connectivity index (χ0v) is 13.1. The molecule has 2 nitrogen and oxygen atoms in total. The van der Waals surface area contributed by atoms with Gasteiger partial charge in [0.1, 0.15) is 0 Å². The molecule has 0 saturated carbocycles. The summed E-state index contributed by atoms with van der Waals surface area (Å²) < 4.78 is 40.9. The Balaban J connectivity index is 2.13. The van der Waals surface area contributed by atoms with Crippen LogP contribution in [0.25, 0.3) is 0 Å². The highest BCUT2D eigenvalue weighted by Gasteiger charge is 2.20. The van der Waals surface area contributed by atoms with Crippen LogP contribution < -0.4 is 11.3 Å². The summed E-state index contributed by atoms with van der Waals surface area (Å²) in [5, 5.41) is 0. The molecule has 3 N–H and O–H groups in total. The van der Waals surface area contributed by atoms with Gasteiger partial charge in [0.15, 0.2) is 17.5 Å². The minimum atomic E-state index is -1.48. The lowest BCUT2D eigenvalue weighted by atomic mass is 10.1. The number of hydrogen-bond acceptors (Lipinski definition) is 3. The Kier molecular flexibility index (Phi) is 5.69. The Morgan fingerprint density at radius 2 is 1.71 bits per heavy atom. The molecule has 0 bridgehead atoms. The molecule has 1 unspecified atom stereocenters. The fourth-order valence-corrected chi connectivity index (χ4v) is 2.98. The highest BCUT2D eigenvalue weighted by Crippen LogP contribution is 2.28. The minimum Gasteiger partial charge on any atom is -0.271 e. The first-order chi connectivity index (χ1) is 10.0. The van der Waals surface area contributed by atoms with Crippen molar-refractivity contribution in [2.24, 2.45) is 5.84 Å². The van der Waals surface area contributed by atoms with Crippen molar-refractivity contribution in [1.29, 1.82) is 0 Å². The van der Waals surface area contributed by atoms with Crippen molar-refractivity contribution in [2.75, 3.05) is 5.75 Å². The zero-order chi connectivity index (χ0) is 15.4. The maximum absolute atomic E-state index is 13.8. The van der Waals surface area contributed by atoms with Crippen LogP contribution in [0.4, 0.5) is 13.2 Å². The van der Waals surface area contributed by atoms with E-state index in [1.165, 1.54) is 17.8 Å². The largest absolute Gasteiger partial charge is 0.271 e. The number of halogens is 4. The summed E-state index contributed by atoms with van der Waals surface area (Å²) in [5.41, 5.74) is 2.43. The molecule has 0 saturated heterocycles. The number of rotatable bonds is 5. The van der Waals surface area contributed by atoms with Crippen LogP contribution in [0.3, 0.4) is 0 Å². The highest BCUT2D eigenvalue weighted by atomic mass is 79.9. The van der Waals surface area contributed by atoms with Crippen LogP contribution in [-0.4, -0.2) is 5.75 Å². The van der Waals surface area contributed by atoms with Gasteiger partial charge in [0.05, 0.1) is 6.04 Å². The number of hydrogen-bond donors (Lipinski definition) is 2. The van der Waals surface area contributed by atoms with Crippen LogP contribution in [0.2, 0.25) is 0 Å². The van der Waals surface area contributed by atoms with E-state index < -0.39 is 23.5 Å². The molecular formula is C14H12BrF3N2S. The topological polar surface area (TPSA) is 38.0 Å². The zero-order valence-electron chi connectivity index (χ0n) is 10.7. The summed E-state index contributed by atoms with van der Waals surface area (Å²) in [6, 6.07) is 9.00. The number of benzene rings is 2. The molecule has 0 heterocycles. The Morgan fingerprint density at radius 3 is 2.33 bits per heavy atom. The van der Waals surface area contributed by atoms with Gasteiger partial charge in [-0.3, -0.25) is 11.3 Å². The molecule has 0 aliphatic heterocycles. The van der Waals surface area contributed by atoms with E-state index in [9.17, 15) is 13.2 Å². The van der Waals surface area contributed by atoms with Crippen LogP contribution in [0.5, 0.6) is 0 Å². The van der Waals surface area contributed by atoms with Crippen LogP contribution in [0.15, 0.2) is 45.8 Å². The van der Waals surface area contributed by atoms with E-state index in [2.05, 4.69) is 21.4 Å². The lowest BCUT2D eigenvalue weighted by molar-refractivity contribution is 0.431. The van der Waals surface area contributed by atoms with Crippen molar-refractivity contribution < 1.29 is 13.2 Å². The first-order valence-electron chi connectivity index (χ1n) is 6.01. The second-order valence-corrected chi connectivity index (χ2v) is 6.26. The number of hydrazine groups is 1. The second kappa shape index (κ2) is 7.31. The Labute approximate surface area is 133 Å². The van der Waals surface area contributed by atoms with Gasteiger partial charge in [0.2, 0.25) is 0 Å². The molecule has 0 aliphatic carbocycles. The molecule has 0 fully saturated rings. The van der Waals surface area contributed by atoms with E-state index in [1.807, 2.05) is 24.3 Å². The van der Waals surface area contributed by atoms with Crippen molar-refractivity contribution in [3.8, 4) is 0 Å². The monoisotopic (exact) mass is 376 g/mol. The van der Waals surface area contributed by atoms with E-state index in [0.717, 1.165) is 15.4 Å². The van der Waals surface area contributed by atoms with E-state index >= 15 is 0 Å². The second-order valence-electron chi connectivity index (χ2n) is 4.25. The standard InChI is InChI=1S/C14H12BrF3N2S/c15-8-1-3-9(4-2-8)21-7-12(20-19)10-5-6-11(16)14(18)13(10)17/h1-6,12,20H,7,19H2. The molecule has 0 aliphatic rings. The smallest absolute Gasteiger partial charge is 0.194 e. The molecule has 7 heteroatoms. The summed E-state index contributed by atoms with van der Waals surface area (Å²) in [5.74, 6) is 1.86. The summed E-state index contributed by atoms with van der Waals surface area (Å²) in [7, 11) is 0. The number of thioether (sulfide) groups is 1. The maximum atomic E-state index is 13.8. The van der Waals surface area contributed by atoms with E-state index in [-0.39, 0.29) is 5.56 Å². The summed E-state index contributed by atoms with van der Waals surface area (Å²) in [6.45, 7) is 0. The fourth-order valence-electron chi connectivity index (χ4n) is 1.75. The molecule has 1 atom stereocenters. The molecule has 112 valence electrons. The minimum absolute atomic E-state index is 0.000937. The average Bonchev–Trinajstić information content (AvgIpc) is 2.49. The molecule has 0 radical (unpaired) electrons. The Bertz CT molecular complexity index is 622. The predicted molar refractivity (Wildman–Crippen MR) is 81.2 cm³/mol. The lowest BCUT2D eigenvalue weighted by Crippen LogP contribution is -2.30. The summed E-state index contributed by atoms with van der Waals surface area (Å²) in [6.07, 6.45) is 0. The fraction of sp³-hybridized carbons (Fsp3) is 0.143. The van der Waals surface area contributed by atoms with Gasteiger partial charge in [-0.15, -0.1) is 11.8 Å². The molecule has 21 heavy (non-hydrogen) atoms. The van der Waals surface area contributed by atoms with Crippen LogP contribution in [-0.2, 0) is 0 Å². The summed E-state index contributed by atoms with van der Waals surface area (Å²) in [4.78, 5) is 0.960. The first kappa shape index (κ1) is 16.4. The molecule has 2 aromatic rings. The Hall–Kier alpha value is -1.02. The third-order valence-electron chi connectivity index (χ3n) is 2.87. The van der Waals surface area contributed by atoms with Crippen molar-refractivity contribution >= 4 is 27.7 Å². The molecule has 0 amide bonds. The van der Waals surface area contributed by atoms with Gasteiger partial charge >= 0.3 is 0 Å². The van der Waals surface area contributed by atoms with Crippen molar-refractivity contribution in [3.63, 3.8) is 0 Å². The molecule has 2 aromatic carbocycles. The molecule has 0 spiro atoms. The molecule has 0 aromatic heterocycles. The van der Waals surface area contributed by atoms with Crippen molar-refractivity contribution in [2.45, 2.75) is 10.9 Å². The maximum Gasteiger partial charge on any atom is 0.194 e. The molecular weight excluding hydrogens is 365 g/mol. The quantitative estimate of drug-likeness (QED) is 0.356. The lowest BCUT2D eigenvalue weighted by Gasteiger charge is -2.17. The van der Waals surface area contributed by atoms with Crippen molar-refractivity contribution in [3.05, 3.63) is 63.9 Å². The van der Waals surface area contributed by atoms with Crippen LogP contribution in [0.1, 0.15) is 11.6 Å². The van der Waals surface area contributed by atoms with Gasteiger partial charge in [-0.2, -0.15) is 0 Å². The number of nitrogens with one attached hydrogen (secondary N) is 1. The average molecular weight is 377 g/mol.